The molecule has 0 aromatic heterocycles. The summed E-state index contributed by atoms with van der Waals surface area (Å²) in [6, 6.07) is 3.95. The van der Waals surface area contributed by atoms with E-state index in [9.17, 15) is 22.0 Å². The molecule has 0 heterocycles. The summed E-state index contributed by atoms with van der Waals surface area (Å²) >= 11 is 0. The summed E-state index contributed by atoms with van der Waals surface area (Å²) in [4.78, 5) is 3.40. The molecule has 0 aliphatic carbocycles. The average Bonchev–Trinajstić information content (AvgIpc) is 2.16. The number of rotatable bonds is 2. The van der Waals surface area contributed by atoms with E-state index < -0.39 is 23.9 Å². The van der Waals surface area contributed by atoms with E-state index in [2.05, 4.69) is 4.99 Å². The fourth-order valence-electron chi connectivity index (χ4n) is 1.00. The highest BCUT2D eigenvalue weighted by molar-refractivity contribution is 5.87. The molecule has 0 radical (unpaired) electrons. The lowest BCUT2D eigenvalue weighted by Gasteiger charge is -2.07. The first-order valence-electron chi connectivity index (χ1n) is 4.31. The summed E-state index contributed by atoms with van der Waals surface area (Å²) < 4.78 is 61.0. The molecule has 0 saturated heterocycles. The molecule has 0 aliphatic rings. The fourth-order valence-corrected chi connectivity index (χ4v) is 1.00. The zero-order valence-electron chi connectivity index (χ0n) is 8.22. The van der Waals surface area contributed by atoms with Crippen LogP contribution in [0.5, 0.6) is 0 Å². The van der Waals surface area contributed by atoms with E-state index >= 15 is 0 Å². The topological polar surface area (TPSA) is 12.4 Å². The van der Waals surface area contributed by atoms with Crippen molar-refractivity contribution in [3.63, 3.8) is 0 Å². The Labute approximate surface area is 88.6 Å². The molecule has 6 heteroatoms. The monoisotopic (exact) mass is 237 g/mol. The van der Waals surface area contributed by atoms with Crippen molar-refractivity contribution in [3.05, 3.63) is 29.8 Å². The number of hydrogen-bond donors (Lipinski definition) is 0. The van der Waals surface area contributed by atoms with Crippen LogP contribution in [0, 0.1) is 0 Å². The predicted octanol–water partition coefficient (Wildman–Crippen LogP) is 4.06. The minimum Gasteiger partial charge on any atom is -0.252 e. The van der Waals surface area contributed by atoms with E-state index in [4.69, 9.17) is 0 Å². The molecule has 16 heavy (non-hydrogen) atoms. The van der Waals surface area contributed by atoms with Gasteiger partial charge in [0.2, 0.25) is 0 Å². The minimum absolute atomic E-state index is 0.132. The summed E-state index contributed by atoms with van der Waals surface area (Å²) in [5.74, 6) is 0. The number of nitrogens with zero attached hydrogens (tertiary/aromatic N) is 1. The third kappa shape index (κ3) is 3.29. The predicted molar refractivity (Wildman–Crippen MR) is 50.2 cm³/mol. The third-order valence-electron chi connectivity index (χ3n) is 1.79. The zero-order valence-corrected chi connectivity index (χ0v) is 8.22. The van der Waals surface area contributed by atoms with E-state index in [1.54, 1.807) is 0 Å². The van der Waals surface area contributed by atoms with Crippen molar-refractivity contribution in [2.45, 2.75) is 19.5 Å². The SMILES string of the molecule is CC(=Nc1cccc(C(F)(F)F)c1)C(F)F. The van der Waals surface area contributed by atoms with Crippen LogP contribution >= 0.6 is 0 Å². The van der Waals surface area contributed by atoms with Crippen molar-refractivity contribution in [1.82, 2.24) is 0 Å². The maximum absolute atomic E-state index is 12.3. The summed E-state index contributed by atoms with van der Waals surface area (Å²) in [6.45, 7) is 1.06. The molecule has 0 N–H and O–H groups in total. The first kappa shape index (κ1) is 12.6. The summed E-state index contributed by atoms with van der Waals surface area (Å²) in [7, 11) is 0. The van der Waals surface area contributed by atoms with Gasteiger partial charge in [0.25, 0.3) is 6.43 Å². The first-order chi connectivity index (χ1) is 7.30. The Bertz CT molecular complexity index is 394. The van der Waals surface area contributed by atoms with Crippen LogP contribution in [0.25, 0.3) is 0 Å². The molecule has 0 saturated carbocycles. The molecule has 0 aliphatic heterocycles. The maximum Gasteiger partial charge on any atom is 0.416 e. The lowest BCUT2D eigenvalue weighted by atomic mass is 10.2. The van der Waals surface area contributed by atoms with Crippen LogP contribution in [0.1, 0.15) is 12.5 Å². The average molecular weight is 237 g/mol. The maximum atomic E-state index is 12.3. The molecule has 1 rings (SSSR count). The molecule has 88 valence electrons. The lowest BCUT2D eigenvalue weighted by molar-refractivity contribution is -0.137. The van der Waals surface area contributed by atoms with Crippen molar-refractivity contribution in [1.29, 1.82) is 0 Å². The number of hydrogen-bond acceptors (Lipinski definition) is 1. The van der Waals surface area contributed by atoms with Crippen molar-refractivity contribution < 1.29 is 22.0 Å². The molecule has 1 aromatic carbocycles. The van der Waals surface area contributed by atoms with Crippen LogP contribution in [0.4, 0.5) is 27.6 Å². The second kappa shape index (κ2) is 4.59. The van der Waals surface area contributed by atoms with Gasteiger partial charge in [0.15, 0.2) is 0 Å². The molecule has 0 bridgehead atoms. The lowest BCUT2D eigenvalue weighted by Crippen LogP contribution is -2.05. The second-order valence-electron chi connectivity index (χ2n) is 3.10. The van der Waals surface area contributed by atoms with Gasteiger partial charge in [-0.25, -0.2) is 8.78 Å². The smallest absolute Gasteiger partial charge is 0.252 e. The Balaban J connectivity index is 3.05. The van der Waals surface area contributed by atoms with Crippen LogP contribution in [-0.2, 0) is 6.18 Å². The van der Waals surface area contributed by atoms with Gasteiger partial charge >= 0.3 is 6.18 Å². The Morgan fingerprint density at radius 1 is 1.25 bits per heavy atom. The van der Waals surface area contributed by atoms with Gasteiger partial charge in [-0.15, -0.1) is 0 Å². The van der Waals surface area contributed by atoms with Crippen molar-refractivity contribution in [2.24, 2.45) is 4.99 Å². The Morgan fingerprint density at radius 3 is 2.38 bits per heavy atom. The number of aliphatic imine (C=N–C) groups is 1. The zero-order chi connectivity index (χ0) is 12.3. The number of alkyl halides is 5. The highest BCUT2D eigenvalue weighted by atomic mass is 19.4. The molecular formula is C10H8F5N. The second-order valence-corrected chi connectivity index (χ2v) is 3.10. The molecule has 0 amide bonds. The van der Waals surface area contributed by atoms with Crippen LogP contribution in [0.2, 0.25) is 0 Å². The van der Waals surface area contributed by atoms with Gasteiger partial charge in [0, 0.05) is 0 Å². The number of halogens is 5. The van der Waals surface area contributed by atoms with Crippen LogP contribution in [-0.4, -0.2) is 12.1 Å². The van der Waals surface area contributed by atoms with Crippen LogP contribution in [0.15, 0.2) is 29.3 Å². The Morgan fingerprint density at radius 2 is 1.88 bits per heavy atom. The molecule has 1 nitrogen and oxygen atoms in total. The first-order valence-corrected chi connectivity index (χ1v) is 4.31. The molecule has 0 fully saturated rings. The summed E-state index contributed by atoms with van der Waals surface area (Å²) in [5, 5.41) is 0. The highest BCUT2D eigenvalue weighted by Crippen LogP contribution is 2.31. The van der Waals surface area contributed by atoms with Crippen molar-refractivity contribution in [2.75, 3.05) is 0 Å². The van der Waals surface area contributed by atoms with Crippen LogP contribution in [0.3, 0.4) is 0 Å². The molecule has 0 unspecified atom stereocenters. The van der Waals surface area contributed by atoms with E-state index in [1.165, 1.54) is 6.07 Å². The molecule has 0 atom stereocenters. The number of benzene rings is 1. The Kier molecular flexibility index (Phi) is 3.62. The van der Waals surface area contributed by atoms with Gasteiger partial charge in [0.1, 0.15) is 0 Å². The van der Waals surface area contributed by atoms with Gasteiger partial charge < -0.3 is 0 Å². The summed E-state index contributed by atoms with van der Waals surface area (Å²) in [5.41, 5.74) is -1.55. The standard InChI is InChI=1S/C10H8F5N/c1-6(9(11)12)16-8-4-2-3-7(5-8)10(13,14)15/h2-5,9H,1H3. The van der Waals surface area contributed by atoms with Crippen molar-refractivity contribution >= 4 is 11.4 Å². The molecular weight excluding hydrogens is 229 g/mol. The van der Waals surface area contributed by atoms with E-state index in [-0.39, 0.29) is 5.69 Å². The largest absolute Gasteiger partial charge is 0.416 e. The summed E-state index contributed by atoms with van der Waals surface area (Å²) in [6.07, 6.45) is -7.26. The minimum atomic E-state index is -4.50. The van der Waals surface area contributed by atoms with E-state index in [0.717, 1.165) is 25.1 Å². The van der Waals surface area contributed by atoms with Gasteiger partial charge in [0.05, 0.1) is 17.0 Å². The van der Waals surface area contributed by atoms with Crippen molar-refractivity contribution in [3.8, 4) is 0 Å². The van der Waals surface area contributed by atoms with Crippen LogP contribution < -0.4 is 0 Å². The third-order valence-corrected chi connectivity index (χ3v) is 1.79. The van der Waals surface area contributed by atoms with E-state index in [1.807, 2.05) is 0 Å². The Hall–Kier alpha value is -1.46. The fraction of sp³-hybridized carbons (Fsp3) is 0.300. The van der Waals surface area contributed by atoms with Gasteiger partial charge in [-0.1, -0.05) is 6.07 Å². The quantitative estimate of drug-likeness (QED) is 0.543. The molecule has 0 spiro atoms. The highest BCUT2D eigenvalue weighted by Gasteiger charge is 2.30. The normalized spacial score (nSPS) is 13.3. The van der Waals surface area contributed by atoms with Gasteiger partial charge in [-0.05, 0) is 25.1 Å². The van der Waals surface area contributed by atoms with E-state index in [0.29, 0.717) is 0 Å². The van der Waals surface area contributed by atoms with Gasteiger partial charge in [-0.2, -0.15) is 13.2 Å². The van der Waals surface area contributed by atoms with Gasteiger partial charge in [-0.3, -0.25) is 4.99 Å². The molecule has 1 aromatic rings.